The number of hydrogen-bond acceptors (Lipinski definition) is 6. The molecule has 0 radical (unpaired) electrons. The number of carbonyl (C=O) groups excluding carboxylic acids is 1. The predicted octanol–water partition coefficient (Wildman–Crippen LogP) is 4.02. The van der Waals surface area contributed by atoms with Gasteiger partial charge in [-0.05, 0) is 55.5 Å². The van der Waals surface area contributed by atoms with E-state index < -0.39 is 5.91 Å². The molecule has 33 heavy (non-hydrogen) atoms. The van der Waals surface area contributed by atoms with E-state index >= 15 is 0 Å². The molecule has 1 amide bonds. The van der Waals surface area contributed by atoms with Gasteiger partial charge in [0.2, 0.25) is 0 Å². The van der Waals surface area contributed by atoms with Gasteiger partial charge in [-0.25, -0.2) is 4.98 Å². The van der Waals surface area contributed by atoms with Gasteiger partial charge in [0.15, 0.2) is 5.69 Å². The molecule has 8 heteroatoms. The number of methoxy groups -OCH3 is 1. The van der Waals surface area contributed by atoms with Crippen molar-refractivity contribution in [2.75, 3.05) is 12.4 Å². The maximum Gasteiger partial charge on any atom is 0.271 e. The van der Waals surface area contributed by atoms with E-state index in [1.807, 2.05) is 54.2 Å². The Balaban J connectivity index is 1.57. The van der Waals surface area contributed by atoms with Crippen LogP contribution in [0.1, 0.15) is 30.3 Å². The lowest BCUT2D eigenvalue weighted by Gasteiger charge is -2.18. The number of carbonyl (C=O) groups is 1. The Morgan fingerprint density at radius 1 is 1.18 bits per heavy atom. The van der Waals surface area contributed by atoms with Gasteiger partial charge in [-0.3, -0.25) is 4.79 Å². The summed E-state index contributed by atoms with van der Waals surface area (Å²) >= 11 is 0. The van der Waals surface area contributed by atoms with E-state index in [0.717, 1.165) is 33.7 Å². The third-order valence-electron chi connectivity index (χ3n) is 6.29. The fourth-order valence-electron chi connectivity index (χ4n) is 4.25. The van der Waals surface area contributed by atoms with Crippen molar-refractivity contribution in [3.05, 3.63) is 54.5 Å². The zero-order chi connectivity index (χ0) is 23.1. The van der Waals surface area contributed by atoms with Crippen LogP contribution in [0.3, 0.4) is 0 Å². The van der Waals surface area contributed by atoms with E-state index in [2.05, 4.69) is 27.4 Å². The van der Waals surface area contributed by atoms with Crippen molar-refractivity contribution in [1.82, 2.24) is 19.7 Å². The lowest BCUT2D eigenvalue weighted by molar-refractivity contribution is 0.0995. The van der Waals surface area contributed by atoms with Gasteiger partial charge in [-0.15, -0.1) is 10.2 Å². The molecule has 0 spiro atoms. The van der Waals surface area contributed by atoms with Crippen LogP contribution in [-0.4, -0.2) is 38.8 Å². The van der Waals surface area contributed by atoms with E-state index in [-0.39, 0.29) is 11.7 Å². The minimum atomic E-state index is -0.592. The number of aryl methyl sites for hydroxylation is 1. The molecule has 0 bridgehead atoms. The van der Waals surface area contributed by atoms with Crippen LogP contribution < -0.4 is 15.8 Å². The van der Waals surface area contributed by atoms with Gasteiger partial charge in [0.25, 0.3) is 5.91 Å². The predicted molar refractivity (Wildman–Crippen MR) is 128 cm³/mol. The van der Waals surface area contributed by atoms with Crippen LogP contribution in [-0.2, 0) is 7.05 Å². The first-order valence-corrected chi connectivity index (χ1v) is 11.0. The molecule has 1 unspecified atom stereocenters. The molecular formula is C25H26N6O2. The smallest absolute Gasteiger partial charge is 0.271 e. The average Bonchev–Trinajstić information content (AvgIpc) is 3.59. The number of anilines is 1. The highest BCUT2D eigenvalue weighted by molar-refractivity contribution is 6.05. The van der Waals surface area contributed by atoms with Crippen molar-refractivity contribution in [3.63, 3.8) is 0 Å². The summed E-state index contributed by atoms with van der Waals surface area (Å²) in [5.74, 6) is 1.61. The van der Waals surface area contributed by atoms with Gasteiger partial charge in [0, 0.05) is 42.0 Å². The SMILES string of the molecule is COc1cc(-c2nccn2C)ccc1-c1ccc2c(NC(C)C3CC3)c(C(N)=O)nnc2c1. The molecule has 8 nitrogen and oxygen atoms in total. The number of aromatic nitrogens is 4. The van der Waals surface area contributed by atoms with Crippen molar-refractivity contribution in [3.8, 4) is 28.3 Å². The van der Waals surface area contributed by atoms with E-state index in [4.69, 9.17) is 10.5 Å². The summed E-state index contributed by atoms with van der Waals surface area (Å²) in [7, 11) is 3.61. The summed E-state index contributed by atoms with van der Waals surface area (Å²) in [5.41, 5.74) is 9.92. The zero-order valence-electron chi connectivity index (χ0n) is 18.9. The van der Waals surface area contributed by atoms with Crippen LogP contribution in [0.2, 0.25) is 0 Å². The number of primary amides is 1. The standard InChI is InChI=1S/C25H26N6O2/c1-14(15-4-5-15)28-22-19-9-6-16(12-20(19)29-30-23(22)24(26)32)18-8-7-17(13-21(18)33-3)25-27-10-11-31(25)2/h6-15H,4-5H2,1-3H3,(H2,26,32)(H,28,29). The van der Waals surface area contributed by atoms with Crippen LogP contribution in [0.15, 0.2) is 48.8 Å². The Hall–Kier alpha value is -3.94. The van der Waals surface area contributed by atoms with Crippen LogP contribution in [0, 0.1) is 5.92 Å². The number of hydrogen-bond donors (Lipinski definition) is 2. The molecule has 0 saturated heterocycles. The van der Waals surface area contributed by atoms with Gasteiger partial charge < -0.3 is 20.4 Å². The number of ether oxygens (including phenoxy) is 1. The molecule has 1 fully saturated rings. The van der Waals surface area contributed by atoms with Crippen LogP contribution >= 0.6 is 0 Å². The first-order chi connectivity index (χ1) is 16.0. The molecule has 2 aromatic heterocycles. The number of amides is 1. The average molecular weight is 443 g/mol. The Labute approximate surface area is 191 Å². The first-order valence-electron chi connectivity index (χ1n) is 11.0. The largest absolute Gasteiger partial charge is 0.496 e. The lowest BCUT2D eigenvalue weighted by Crippen LogP contribution is -2.23. The molecule has 168 valence electrons. The van der Waals surface area contributed by atoms with Gasteiger partial charge >= 0.3 is 0 Å². The topological polar surface area (TPSA) is 108 Å². The Morgan fingerprint density at radius 3 is 2.64 bits per heavy atom. The quantitative estimate of drug-likeness (QED) is 0.448. The number of benzene rings is 2. The lowest BCUT2D eigenvalue weighted by atomic mass is 10.00. The Bertz CT molecular complexity index is 1360. The number of nitrogens with one attached hydrogen (secondary N) is 1. The second kappa shape index (κ2) is 8.20. The maximum absolute atomic E-state index is 12.0. The molecule has 1 aliphatic rings. The van der Waals surface area contributed by atoms with E-state index in [1.165, 1.54) is 12.8 Å². The highest BCUT2D eigenvalue weighted by Gasteiger charge is 2.29. The highest BCUT2D eigenvalue weighted by Crippen LogP contribution is 2.38. The van der Waals surface area contributed by atoms with Crippen LogP contribution in [0.25, 0.3) is 33.4 Å². The summed E-state index contributed by atoms with van der Waals surface area (Å²) < 4.78 is 7.67. The number of nitrogens with two attached hydrogens (primary N) is 1. The van der Waals surface area contributed by atoms with Crippen molar-refractivity contribution in [2.45, 2.75) is 25.8 Å². The third kappa shape index (κ3) is 3.88. The van der Waals surface area contributed by atoms with Crippen molar-refractivity contribution in [1.29, 1.82) is 0 Å². The van der Waals surface area contributed by atoms with Gasteiger partial charge in [0.05, 0.1) is 18.3 Å². The minimum Gasteiger partial charge on any atom is -0.496 e. The fraction of sp³-hybridized carbons (Fsp3) is 0.280. The summed E-state index contributed by atoms with van der Waals surface area (Å²) in [6.45, 7) is 2.12. The summed E-state index contributed by atoms with van der Waals surface area (Å²) in [6.07, 6.45) is 6.06. The number of nitrogens with zero attached hydrogens (tertiary/aromatic N) is 4. The van der Waals surface area contributed by atoms with Gasteiger partial charge in [0.1, 0.15) is 11.6 Å². The molecule has 1 saturated carbocycles. The highest BCUT2D eigenvalue weighted by atomic mass is 16.5. The molecule has 4 aromatic rings. The molecule has 1 aliphatic carbocycles. The zero-order valence-corrected chi connectivity index (χ0v) is 18.9. The maximum atomic E-state index is 12.0. The summed E-state index contributed by atoms with van der Waals surface area (Å²) in [4.78, 5) is 16.4. The van der Waals surface area contributed by atoms with Gasteiger partial charge in [-0.2, -0.15) is 0 Å². The molecule has 2 aromatic carbocycles. The molecule has 3 N–H and O–H groups in total. The van der Waals surface area contributed by atoms with Crippen molar-refractivity contribution < 1.29 is 9.53 Å². The molecule has 5 rings (SSSR count). The van der Waals surface area contributed by atoms with Crippen LogP contribution in [0.4, 0.5) is 5.69 Å². The molecule has 1 atom stereocenters. The Kier molecular flexibility index (Phi) is 5.20. The van der Waals surface area contributed by atoms with Gasteiger partial charge in [-0.1, -0.05) is 12.1 Å². The first kappa shape index (κ1) is 20.9. The summed E-state index contributed by atoms with van der Waals surface area (Å²) in [6, 6.07) is 12.2. The second-order valence-corrected chi connectivity index (χ2v) is 8.57. The number of fused-ring (bicyclic) bond motifs is 1. The van der Waals surface area contributed by atoms with Crippen LogP contribution in [0.5, 0.6) is 5.75 Å². The van der Waals surface area contributed by atoms with E-state index in [1.54, 1.807) is 13.3 Å². The summed E-state index contributed by atoms with van der Waals surface area (Å²) in [5, 5.41) is 12.7. The second-order valence-electron chi connectivity index (χ2n) is 8.57. The van der Waals surface area contributed by atoms with E-state index in [9.17, 15) is 4.79 Å². The molecule has 0 aliphatic heterocycles. The van der Waals surface area contributed by atoms with E-state index in [0.29, 0.717) is 17.1 Å². The normalized spacial score (nSPS) is 14.3. The molecular weight excluding hydrogens is 416 g/mol. The number of imidazole rings is 1. The van der Waals surface area contributed by atoms with Crippen molar-refractivity contribution >= 4 is 22.5 Å². The molecule has 2 heterocycles. The monoisotopic (exact) mass is 442 g/mol. The Morgan fingerprint density at radius 2 is 1.97 bits per heavy atom. The minimum absolute atomic E-state index is 0.166. The fourth-order valence-corrected chi connectivity index (χ4v) is 4.25. The van der Waals surface area contributed by atoms with Crippen molar-refractivity contribution in [2.24, 2.45) is 18.7 Å². The third-order valence-corrected chi connectivity index (χ3v) is 6.29. The number of rotatable bonds is 7.